The third kappa shape index (κ3) is 3.90. The number of carbonyl (C=O) groups excluding carboxylic acids is 1. The van der Waals surface area contributed by atoms with Gasteiger partial charge in [0.15, 0.2) is 0 Å². The van der Waals surface area contributed by atoms with Gasteiger partial charge in [-0.1, -0.05) is 18.9 Å². The topological polar surface area (TPSA) is 71.3 Å². The van der Waals surface area contributed by atoms with Crippen LogP contribution in [0.15, 0.2) is 28.7 Å². The summed E-state index contributed by atoms with van der Waals surface area (Å²) >= 11 is 0. The van der Waals surface area contributed by atoms with Crippen molar-refractivity contribution in [2.45, 2.75) is 33.1 Å². The van der Waals surface area contributed by atoms with E-state index in [2.05, 4.69) is 29.4 Å². The van der Waals surface area contributed by atoms with E-state index in [1.54, 1.807) is 17.0 Å². The smallest absolute Gasteiger partial charge is 0.325 e. The van der Waals surface area contributed by atoms with Crippen molar-refractivity contribution >= 4 is 12.0 Å². The van der Waals surface area contributed by atoms with Crippen molar-refractivity contribution in [3.05, 3.63) is 30.1 Å². The number of urea groups is 1. The van der Waals surface area contributed by atoms with Gasteiger partial charge in [-0.2, -0.15) is 0 Å². The molecule has 24 heavy (non-hydrogen) atoms. The Morgan fingerprint density at radius 3 is 2.71 bits per heavy atom. The van der Waals surface area contributed by atoms with E-state index in [9.17, 15) is 9.18 Å². The average Bonchev–Trinajstić information content (AvgIpc) is 2.91. The summed E-state index contributed by atoms with van der Waals surface area (Å²) in [5, 5.41) is 10.4. The lowest BCUT2D eigenvalue weighted by atomic mass is 9.85. The number of amides is 2. The fourth-order valence-corrected chi connectivity index (χ4v) is 2.78. The molecule has 0 saturated carbocycles. The first-order chi connectivity index (χ1) is 11.4. The lowest BCUT2D eigenvalue weighted by Crippen LogP contribution is -2.36. The van der Waals surface area contributed by atoms with Gasteiger partial charge in [-0.25, -0.2) is 9.18 Å². The SMILES string of the molecule is CC1(C)CCCN(C(=O)Nc2nnc(-c3ccc(F)cc3)o2)CC1. The highest BCUT2D eigenvalue weighted by molar-refractivity contribution is 5.87. The van der Waals surface area contributed by atoms with Gasteiger partial charge >= 0.3 is 12.0 Å². The Balaban J connectivity index is 1.64. The van der Waals surface area contributed by atoms with Crippen LogP contribution in [0.5, 0.6) is 0 Å². The molecule has 0 atom stereocenters. The maximum Gasteiger partial charge on any atom is 0.325 e. The summed E-state index contributed by atoms with van der Waals surface area (Å²) in [6.07, 6.45) is 3.04. The first-order valence-electron chi connectivity index (χ1n) is 8.08. The van der Waals surface area contributed by atoms with E-state index < -0.39 is 0 Å². The van der Waals surface area contributed by atoms with Crippen LogP contribution >= 0.6 is 0 Å². The molecule has 0 radical (unpaired) electrons. The number of nitrogens with zero attached hydrogens (tertiary/aromatic N) is 3. The minimum atomic E-state index is -0.337. The predicted octanol–water partition coefficient (Wildman–Crippen LogP) is 3.92. The van der Waals surface area contributed by atoms with Gasteiger partial charge in [0.2, 0.25) is 5.89 Å². The van der Waals surface area contributed by atoms with Gasteiger partial charge < -0.3 is 9.32 Å². The molecule has 1 N–H and O–H groups in total. The van der Waals surface area contributed by atoms with E-state index in [1.807, 2.05) is 0 Å². The second-order valence-corrected chi connectivity index (χ2v) is 6.85. The van der Waals surface area contributed by atoms with Crippen molar-refractivity contribution in [1.82, 2.24) is 15.1 Å². The molecule has 7 heteroatoms. The molecule has 0 spiro atoms. The van der Waals surface area contributed by atoms with Crippen LogP contribution in [0.1, 0.15) is 33.1 Å². The van der Waals surface area contributed by atoms with Crippen molar-refractivity contribution in [1.29, 1.82) is 0 Å². The van der Waals surface area contributed by atoms with Crippen molar-refractivity contribution < 1.29 is 13.6 Å². The van der Waals surface area contributed by atoms with Gasteiger partial charge in [-0.15, -0.1) is 5.10 Å². The molecule has 128 valence electrons. The maximum absolute atomic E-state index is 12.9. The lowest BCUT2D eigenvalue weighted by molar-refractivity contribution is 0.210. The molecule has 1 fully saturated rings. The standard InChI is InChI=1S/C17H21FN4O2/c1-17(2)8-3-10-22(11-9-17)16(23)19-15-21-20-14(24-15)12-4-6-13(18)7-5-12/h4-7H,3,8-11H2,1-2H3,(H,19,21,23). The van der Waals surface area contributed by atoms with E-state index in [-0.39, 0.29) is 29.2 Å². The Kier molecular flexibility index (Phi) is 4.51. The van der Waals surface area contributed by atoms with Crippen LogP contribution in [-0.4, -0.2) is 34.2 Å². The van der Waals surface area contributed by atoms with Crippen LogP contribution in [0, 0.1) is 11.2 Å². The van der Waals surface area contributed by atoms with E-state index in [0.717, 1.165) is 19.3 Å². The van der Waals surface area contributed by atoms with Crippen LogP contribution in [0.2, 0.25) is 0 Å². The maximum atomic E-state index is 12.9. The van der Waals surface area contributed by atoms with Crippen molar-refractivity contribution in [3.63, 3.8) is 0 Å². The molecule has 2 amide bonds. The summed E-state index contributed by atoms with van der Waals surface area (Å²) in [5.74, 6) is -0.0989. The fourth-order valence-electron chi connectivity index (χ4n) is 2.78. The first-order valence-corrected chi connectivity index (χ1v) is 8.08. The molecule has 0 unspecified atom stereocenters. The highest BCUT2D eigenvalue weighted by atomic mass is 19.1. The molecular weight excluding hydrogens is 311 g/mol. The van der Waals surface area contributed by atoms with Crippen molar-refractivity contribution in [2.75, 3.05) is 18.4 Å². The number of nitrogens with one attached hydrogen (secondary N) is 1. The summed E-state index contributed by atoms with van der Waals surface area (Å²) in [5.41, 5.74) is 0.857. The summed E-state index contributed by atoms with van der Waals surface area (Å²) < 4.78 is 18.4. The lowest BCUT2D eigenvalue weighted by Gasteiger charge is -2.23. The monoisotopic (exact) mass is 332 g/mol. The Labute approximate surface area is 140 Å². The third-order valence-corrected chi connectivity index (χ3v) is 4.36. The van der Waals surface area contributed by atoms with E-state index >= 15 is 0 Å². The fraction of sp³-hybridized carbons (Fsp3) is 0.471. The molecule has 1 saturated heterocycles. The zero-order chi connectivity index (χ0) is 17.2. The minimum absolute atomic E-state index is 0.0443. The third-order valence-electron chi connectivity index (χ3n) is 4.36. The van der Waals surface area contributed by atoms with Gasteiger partial charge in [-0.05, 0) is 48.9 Å². The van der Waals surface area contributed by atoms with Crippen LogP contribution in [0.4, 0.5) is 15.2 Å². The molecule has 2 aromatic rings. The Hall–Kier alpha value is -2.44. The second-order valence-electron chi connectivity index (χ2n) is 6.85. The van der Waals surface area contributed by atoms with Gasteiger partial charge in [0.1, 0.15) is 5.82 Å². The molecule has 2 heterocycles. The number of anilines is 1. The number of rotatable bonds is 2. The van der Waals surface area contributed by atoms with Crippen LogP contribution in [0.3, 0.4) is 0 Å². The molecule has 1 aliphatic heterocycles. The van der Waals surface area contributed by atoms with Crippen LogP contribution in [0.25, 0.3) is 11.5 Å². The number of aromatic nitrogens is 2. The minimum Gasteiger partial charge on any atom is -0.403 e. The molecule has 1 aromatic carbocycles. The number of hydrogen-bond acceptors (Lipinski definition) is 4. The number of halogens is 1. The molecule has 3 rings (SSSR count). The molecule has 1 aliphatic rings. The second kappa shape index (κ2) is 6.59. The van der Waals surface area contributed by atoms with E-state index in [0.29, 0.717) is 18.7 Å². The number of benzene rings is 1. The van der Waals surface area contributed by atoms with Gasteiger partial charge in [0.25, 0.3) is 0 Å². The first kappa shape index (κ1) is 16.4. The Bertz CT molecular complexity index is 712. The van der Waals surface area contributed by atoms with Gasteiger partial charge in [0.05, 0.1) is 0 Å². The highest BCUT2D eigenvalue weighted by Gasteiger charge is 2.26. The Morgan fingerprint density at radius 2 is 1.96 bits per heavy atom. The van der Waals surface area contributed by atoms with Crippen molar-refractivity contribution in [3.8, 4) is 11.5 Å². The van der Waals surface area contributed by atoms with Crippen molar-refractivity contribution in [2.24, 2.45) is 5.41 Å². The predicted molar refractivity (Wildman–Crippen MR) is 87.9 cm³/mol. The number of likely N-dealkylation sites (tertiary alicyclic amines) is 1. The average molecular weight is 332 g/mol. The normalized spacial score (nSPS) is 17.4. The van der Waals surface area contributed by atoms with E-state index in [4.69, 9.17) is 4.42 Å². The summed E-state index contributed by atoms with van der Waals surface area (Å²) in [4.78, 5) is 14.1. The number of carbonyl (C=O) groups is 1. The zero-order valence-electron chi connectivity index (χ0n) is 13.9. The summed E-state index contributed by atoms with van der Waals surface area (Å²) in [7, 11) is 0. The van der Waals surface area contributed by atoms with Crippen LogP contribution in [-0.2, 0) is 0 Å². The molecule has 0 bridgehead atoms. The molecular formula is C17H21FN4O2. The van der Waals surface area contributed by atoms with Crippen LogP contribution < -0.4 is 5.32 Å². The van der Waals surface area contributed by atoms with Gasteiger partial charge in [0, 0.05) is 18.7 Å². The van der Waals surface area contributed by atoms with E-state index in [1.165, 1.54) is 12.1 Å². The summed E-state index contributed by atoms with van der Waals surface area (Å²) in [6.45, 7) is 5.87. The Morgan fingerprint density at radius 1 is 1.21 bits per heavy atom. The quantitative estimate of drug-likeness (QED) is 0.905. The highest BCUT2D eigenvalue weighted by Crippen LogP contribution is 2.30. The molecule has 6 nitrogen and oxygen atoms in total. The largest absolute Gasteiger partial charge is 0.403 e. The number of hydrogen-bond donors (Lipinski definition) is 1. The van der Waals surface area contributed by atoms with Gasteiger partial charge in [-0.3, -0.25) is 5.32 Å². The molecule has 0 aliphatic carbocycles. The molecule has 1 aromatic heterocycles. The summed E-state index contributed by atoms with van der Waals surface area (Å²) in [6, 6.07) is 5.54. The zero-order valence-corrected chi connectivity index (χ0v) is 13.9.